The highest BCUT2D eigenvalue weighted by Gasteiger charge is 2.40. The van der Waals surface area contributed by atoms with Crippen molar-refractivity contribution in [3.8, 4) is 5.75 Å². The molecule has 1 aromatic rings. The topological polar surface area (TPSA) is 51.6 Å². The number of ether oxygens (including phenoxy) is 2. The average molecular weight is 277 g/mol. The molecule has 1 aliphatic heterocycles. The van der Waals surface area contributed by atoms with Gasteiger partial charge in [-0.05, 0) is 31.9 Å². The number of hydrogen-bond donors (Lipinski definition) is 1. The smallest absolute Gasteiger partial charge is 0.143 e. The summed E-state index contributed by atoms with van der Waals surface area (Å²) in [4.78, 5) is 4.34. The number of hydrogen-bond acceptors (Lipinski definition) is 4. The molecule has 20 heavy (non-hydrogen) atoms. The Morgan fingerprint density at radius 2 is 2.20 bits per heavy atom. The fourth-order valence-corrected chi connectivity index (χ4v) is 3.45. The van der Waals surface area contributed by atoms with Gasteiger partial charge in [0.2, 0.25) is 0 Å². The van der Waals surface area contributed by atoms with E-state index in [4.69, 9.17) is 9.47 Å². The molecule has 2 heterocycles. The molecule has 1 aromatic heterocycles. The third-order valence-corrected chi connectivity index (χ3v) is 4.48. The van der Waals surface area contributed by atoms with Crippen molar-refractivity contribution in [2.24, 2.45) is 0 Å². The summed E-state index contributed by atoms with van der Waals surface area (Å²) >= 11 is 0. The highest BCUT2D eigenvalue weighted by atomic mass is 16.5. The third kappa shape index (κ3) is 2.81. The van der Waals surface area contributed by atoms with Crippen molar-refractivity contribution in [1.82, 2.24) is 4.98 Å². The first-order valence-electron chi connectivity index (χ1n) is 7.59. The van der Waals surface area contributed by atoms with Crippen LogP contribution in [0.3, 0.4) is 0 Å². The Morgan fingerprint density at radius 1 is 1.40 bits per heavy atom. The van der Waals surface area contributed by atoms with Gasteiger partial charge in [0.15, 0.2) is 0 Å². The highest BCUT2D eigenvalue weighted by Crippen LogP contribution is 2.41. The van der Waals surface area contributed by atoms with Gasteiger partial charge in [-0.15, -0.1) is 0 Å². The van der Waals surface area contributed by atoms with Crippen LogP contribution in [-0.2, 0) is 11.3 Å². The fraction of sp³-hybridized carbons (Fsp3) is 0.688. The summed E-state index contributed by atoms with van der Waals surface area (Å²) in [5.41, 5.74) is 1.60. The molecule has 1 saturated heterocycles. The van der Waals surface area contributed by atoms with E-state index in [0.717, 1.165) is 43.7 Å². The van der Waals surface area contributed by atoms with Crippen LogP contribution in [0.25, 0.3) is 0 Å². The van der Waals surface area contributed by atoms with Gasteiger partial charge in [0.1, 0.15) is 17.5 Å². The van der Waals surface area contributed by atoms with Crippen LogP contribution >= 0.6 is 0 Å². The normalized spacial score (nSPS) is 25.0. The summed E-state index contributed by atoms with van der Waals surface area (Å²) in [6.07, 6.45) is 6.91. The quantitative estimate of drug-likeness (QED) is 0.923. The number of pyridine rings is 1. The van der Waals surface area contributed by atoms with Crippen LogP contribution in [0.5, 0.6) is 5.75 Å². The van der Waals surface area contributed by atoms with Crippen molar-refractivity contribution in [3.63, 3.8) is 0 Å². The molecule has 1 unspecified atom stereocenters. The van der Waals surface area contributed by atoms with Crippen LogP contribution in [-0.4, -0.2) is 28.4 Å². The van der Waals surface area contributed by atoms with E-state index < -0.39 is 0 Å². The van der Waals surface area contributed by atoms with Crippen LogP contribution < -0.4 is 4.74 Å². The first-order valence-corrected chi connectivity index (χ1v) is 7.59. The Balaban J connectivity index is 1.71. The van der Waals surface area contributed by atoms with E-state index in [1.54, 1.807) is 0 Å². The lowest BCUT2D eigenvalue weighted by molar-refractivity contribution is -0.108. The van der Waals surface area contributed by atoms with Crippen LogP contribution in [0.4, 0.5) is 0 Å². The number of aliphatic hydroxyl groups is 1. The number of aromatic nitrogens is 1. The second-order valence-corrected chi connectivity index (χ2v) is 6.03. The molecule has 1 aliphatic carbocycles. The van der Waals surface area contributed by atoms with E-state index in [9.17, 15) is 5.11 Å². The number of nitrogens with zero attached hydrogens (tertiary/aromatic N) is 1. The zero-order chi connectivity index (χ0) is 14.0. The van der Waals surface area contributed by atoms with Crippen molar-refractivity contribution in [1.29, 1.82) is 0 Å². The van der Waals surface area contributed by atoms with Crippen molar-refractivity contribution < 1.29 is 14.6 Å². The summed E-state index contributed by atoms with van der Waals surface area (Å²) < 4.78 is 12.1. The van der Waals surface area contributed by atoms with Gasteiger partial charge in [-0.1, -0.05) is 12.8 Å². The van der Waals surface area contributed by atoms with Gasteiger partial charge in [-0.25, -0.2) is 0 Å². The Hall–Kier alpha value is -1.13. The maximum absolute atomic E-state index is 9.41. The van der Waals surface area contributed by atoms with E-state index in [2.05, 4.69) is 4.98 Å². The monoisotopic (exact) mass is 277 g/mol. The second kappa shape index (κ2) is 5.70. The van der Waals surface area contributed by atoms with E-state index in [1.807, 2.05) is 19.1 Å². The lowest BCUT2D eigenvalue weighted by Crippen LogP contribution is -2.41. The van der Waals surface area contributed by atoms with Crippen molar-refractivity contribution >= 4 is 0 Å². The first kappa shape index (κ1) is 13.8. The summed E-state index contributed by atoms with van der Waals surface area (Å²) in [5, 5.41) is 9.41. The highest BCUT2D eigenvalue weighted by molar-refractivity contribution is 5.29. The number of rotatable bonds is 3. The van der Waals surface area contributed by atoms with Gasteiger partial charge in [0, 0.05) is 18.5 Å². The Labute approximate surface area is 120 Å². The molecule has 0 bridgehead atoms. The largest absolute Gasteiger partial charge is 0.488 e. The summed E-state index contributed by atoms with van der Waals surface area (Å²) in [7, 11) is 0. The second-order valence-electron chi connectivity index (χ2n) is 6.03. The lowest BCUT2D eigenvalue weighted by Gasteiger charge is -2.38. The van der Waals surface area contributed by atoms with Crippen LogP contribution in [0.15, 0.2) is 12.1 Å². The van der Waals surface area contributed by atoms with Crippen LogP contribution in [0.2, 0.25) is 0 Å². The van der Waals surface area contributed by atoms with Crippen molar-refractivity contribution in [3.05, 3.63) is 23.5 Å². The molecule has 110 valence electrons. The van der Waals surface area contributed by atoms with Gasteiger partial charge >= 0.3 is 0 Å². The minimum Gasteiger partial charge on any atom is -0.488 e. The molecular formula is C16H23NO3. The Bertz CT molecular complexity index is 469. The third-order valence-electron chi connectivity index (χ3n) is 4.48. The predicted octanol–water partition coefficient (Wildman–Crippen LogP) is 2.75. The molecule has 0 amide bonds. The van der Waals surface area contributed by atoms with E-state index in [1.165, 1.54) is 12.8 Å². The van der Waals surface area contributed by atoms with Crippen LogP contribution in [0.1, 0.15) is 49.9 Å². The van der Waals surface area contributed by atoms with E-state index in [0.29, 0.717) is 5.69 Å². The van der Waals surface area contributed by atoms with Crippen molar-refractivity contribution in [2.45, 2.75) is 63.8 Å². The summed E-state index contributed by atoms with van der Waals surface area (Å²) in [5.74, 6) is 0.721. The lowest BCUT2D eigenvalue weighted by atomic mass is 9.90. The molecule has 1 N–H and O–H groups in total. The minimum atomic E-state index is -0.0780. The molecule has 0 aromatic carbocycles. The Kier molecular flexibility index (Phi) is 3.94. The van der Waals surface area contributed by atoms with Gasteiger partial charge in [-0.2, -0.15) is 0 Å². The molecule has 1 spiro atoms. The van der Waals surface area contributed by atoms with E-state index >= 15 is 0 Å². The molecule has 4 nitrogen and oxygen atoms in total. The molecule has 2 aliphatic rings. The maximum Gasteiger partial charge on any atom is 0.143 e. The summed E-state index contributed by atoms with van der Waals surface area (Å²) in [6.45, 7) is 2.62. The minimum absolute atomic E-state index is 0.0560. The first-order chi connectivity index (χ1) is 9.71. The van der Waals surface area contributed by atoms with Crippen LogP contribution in [0, 0.1) is 6.92 Å². The zero-order valence-electron chi connectivity index (χ0n) is 12.1. The maximum atomic E-state index is 9.41. The predicted molar refractivity (Wildman–Crippen MR) is 75.7 cm³/mol. The molecular weight excluding hydrogens is 254 g/mol. The molecule has 0 radical (unpaired) electrons. The average Bonchev–Trinajstić information content (AvgIpc) is 2.89. The molecule has 3 rings (SSSR count). The molecule has 1 atom stereocenters. The zero-order valence-corrected chi connectivity index (χ0v) is 12.1. The standard InChI is InChI=1S/C16H23NO3/c1-12-4-5-15(14(11-18)17-12)20-13-6-9-19-16(10-13)7-2-3-8-16/h4-5,13,18H,2-3,6-11H2,1H3. The molecule has 4 heteroatoms. The van der Waals surface area contributed by atoms with Gasteiger partial charge in [0.25, 0.3) is 0 Å². The fourth-order valence-electron chi connectivity index (χ4n) is 3.45. The van der Waals surface area contributed by atoms with Gasteiger partial charge in [0.05, 0.1) is 18.8 Å². The Morgan fingerprint density at radius 3 is 2.95 bits per heavy atom. The number of aryl methyl sites for hydroxylation is 1. The SMILES string of the molecule is Cc1ccc(OC2CCOC3(CCCC3)C2)c(CO)n1. The number of aliphatic hydroxyl groups excluding tert-OH is 1. The molecule has 1 saturated carbocycles. The van der Waals surface area contributed by atoms with Gasteiger partial charge in [-0.3, -0.25) is 4.98 Å². The summed E-state index contributed by atoms with van der Waals surface area (Å²) in [6, 6.07) is 3.85. The van der Waals surface area contributed by atoms with Crippen molar-refractivity contribution in [2.75, 3.05) is 6.61 Å². The van der Waals surface area contributed by atoms with Gasteiger partial charge < -0.3 is 14.6 Å². The molecule has 2 fully saturated rings. The van der Waals surface area contributed by atoms with E-state index in [-0.39, 0.29) is 18.3 Å².